The van der Waals surface area contributed by atoms with Crippen molar-refractivity contribution in [3.63, 3.8) is 0 Å². The number of phenolic OH excluding ortho intramolecular Hbond substituents is 1. The van der Waals surface area contributed by atoms with E-state index in [1.165, 1.54) is 0 Å². The fraction of sp³-hybridized carbons (Fsp3) is 0.217. The minimum atomic E-state index is -3.37. The van der Waals surface area contributed by atoms with Crippen molar-refractivity contribution in [2.24, 2.45) is 0 Å². The van der Waals surface area contributed by atoms with Gasteiger partial charge in [0, 0.05) is 41.7 Å². The number of anilines is 1. The van der Waals surface area contributed by atoms with E-state index in [0.29, 0.717) is 30.9 Å². The van der Waals surface area contributed by atoms with Crippen LogP contribution < -0.4 is 14.8 Å². The molecule has 0 saturated carbocycles. The smallest absolute Gasteiger partial charge is 0.229 e. The molecule has 9 heteroatoms. The van der Waals surface area contributed by atoms with Crippen molar-refractivity contribution < 1.29 is 23.4 Å². The lowest BCUT2D eigenvalue weighted by molar-refractivity contribution is 0.172. The van der Waals surface area contributed by atoms with Gasteiger partial charge in [-0.15, -0.1) is 0 Å². The number of hydrogen-bond acceptors (Lipinski definition) is 6. The third kappa shape index (κ3) is 5.31. The first-order valence-corrected chi connectivity index (χ1v) is 12.0. The monoisotopic (exact) mass is 455 g/mol. The van der Waals surface area contributed by atoms with Crippen molar-refractivity contribution in [2.45, 2.75) is 6.10 Å². The van der Waals surface area contributed by atoms with Crippen molar-refractivity contribution in [1.82, 2.24) is 10.3 Å². The molecule has 0 aliphatic rings. The fourth-order valence-corrected chi connectivity index (χ4v) is 4.14. The Morgan fingerprint density at radius 1 is 1.03 bits per heavy atom. The van der Waals surface area contributed by atoms with Gasteiger partial charge in [0.15, 0.2) is 0 Å². The van der Waals surface area contributed by atoms with Gasteiger partial charge in [0.25, 0.3) is 0 Å². The quantitative estimate of drug-likeness (QED) is 0.247. The maximum absolute atomic E-state index is 11.4. The van der Waals surface area contributed by atoms with Crippen LogP contribution in [0.4, 0.5) is 5.69 Å². The number of phenols is 1. The Bertz CT molecular complexity index is 1350. The number of H-pyrrole nitrogens is 1. The van der Waals surface area contributed by atoms with Gasteiger partial charge in [0.1, 0.15) is 18.1 Å². The van der Waals surface area contributed by atoms with E-state index >= 15 is 0 Å². The van der Waals surface area contributed by atoms with E-state index in [0.717, 1.165) is 33.8 Å². The van der Waals surface area contributed by atoms with E-state index in [1.807, 2.05) is 24.3 Å². The summed E-state index contributed by atoms with van der Waals surface area (Å²) in [5.74, 6) is 0.933. The second-order valence-electron chi connectivity index (χ2n) is 7.63. The van der Waals surface area contributed by atoms with Crippen molar-refractivity contribution in [3.8, 4) is 11.5 Å². The van der Waals surface area contributed by atoms with E-state index in [1.54, 1.807) is 36.4 Å². The Hall–Kier alpha value is -3.27. The molecule has 8 nitrogen and oxygen atoms in total. The zero-order valence-electron chi connectivity index (χ0n) is 17.5. The van der Waals surface area contributed by atoms with Crippen LogP contribution in [0.3, 0.4) is 0 Å². The SMILES string of the molecule is CS(=O)(=O)Nc1cccc([C@@H](O)CNCCOc2ccc3c(c2)[nH]c2cc(O)ccc23)c1. The first kappa shape index (κ1) is 21.9. The highest BCUT2D eigenvalue weighted by Gasteiger charge is 2.10. The molecule has 4 rings (SSSR count). The summed E-state index contributed by atoms with van der Waals surface area (Å²) in [5.41, 5.74) is 2.81. The van der Waals surface area contributed by atoms with Crippen LogP contribution in [0.1, 0.15) is 11.7 Å². The van der Waals surface area contributed by atoms with Gasteiger partial charge in [-0.3, -0.25) is 4.72 Å². The summed E-state index contributed by atoms with van der Waals surface area (Å²) in [5, 5.41) is 25.2. The van der Waals surface area contributed by atoms with Crippen LogP contribution in [0.5, 0.6) is 11.5 Å². The molecule has 0 aliphatic carbocycles. The van der Waals surface area contributed by atoms with Crippen LogP contribution in [-0.4, -0.2) is 49.6 Å². The number of aromatic nitrogens is 1. The lowest BCUT2D eigenvalue weighted by Crippen LogP contribution is -2.26. The molecule has 0 unspecified atom stereocenters. The molecule has 3 aromatic carbocycles. The Labute approximate surface area is 185 Å². The average Bonchev–Trinajstić information content (AvgIpc) is 3.08. The molecular weight excluding hydrogens is 430 g/mol. The number of sulfonamides is 1. The topological polar surface area (TPSA) is 124 Å². The summed E-state index contributed by atoms with van der Waals surface area (Å²) in [6.45, 7) is 1.24. The molecular formula is C23H25N3O5S. The van der Waals surface area contributed by atoms with Crippen molar-refractivity contribution in [3.05, 3.63) is 66.2 Å². The van der Waals surface area contributed by atoms with Gasteiger partial charge < -0.3 is 25.3 Å². The number of ether oxygens (including phenoxy) is 1. The molecule has 1 atom stereocenters. The van der Waals surface area contributed by atoms with Crippen LogP contribution >= 0.6 is 0 Å². The number of aliphatic hydroxyl groups is 1. The maximum Gasteiger partial charge on any atom is 0.229 e. The Morgan fingerprint density at radius 2 is 1.78 bits per heavy atom. The molecule has 0 fully saturated rings. The maximum atomic E-state index is 11.4. The van der Waals surface area contributed by atoms with Crippen molar-refractivity contribution >= 4 is 37.5 Å². The van der Waals surface area contributed by atoms with Gasteiger partial charge in [-0.25, -0.2) is 8.42 Å². The van der Waals surface area contributed by atoms with E-state index in [4.69, 9.17) is 4.74 Å². The number of aromatic amines is 1. The van der Waals surface area contributed by atoms with E-state index in [2.05, 4.69) is 15.0 Å². The number of aromatic hydroxyl groups is 1. The van der Waals surface area contributed by atoms with Crippen LogP contribution in [0.15, 0.2) is 60.7 Å². The van der Waals surface area contributed by atoms with Gasteiger partial charge >= 0.3 is 0 Å². The molecule has 1 heterocycles. The van der Waals surface area contributed by atoms with Crippen molar-refractivity contribution in [1.29, 1.82) is 0 Å². The molecule has 0 radical (unpaired) electrons. The van der Waals surface area contributed by atoms with Gasteiger partial charge in [-0.1, -0.05) is 12.1 Å². The zero-order valence-corrected chi connectivity index (χ0v) is 18.3. The predicted octanol–water partition coefficient (Wildman–Crippen LogP) is 3.10. The second kappa shape index (κ2) is 9.07. The minimum absolute atomic E-state index is 0.215. The molecule has 0 bridgehead atoms. The highest BCUT2D eigenvalue weighted by Crippen LogP contribution is 2.30. The number of aliphatic hydroxyl groups excluding tert-OH is 1. The van der Waals surface area contributed by atoms with Gasteiger partial charge in [0.05, 0.1) is 23.4 Å². The van der Waals surface area contributed by atoms with Crippen LogP contribution in [-0.2, 0) is 10.0 Å². The summed E-state index contributed by atoms with van der Waals surface area (Å²) in [6, 6.07) is 17.7. The van der Waals surface area contributed by atoms with Crippen LogP contribution in [0.25, 0.3) is 21.8 Å². The third-order valence-electron chi connectivity index (χ3n) is 5.01. The molecule has 0 saturated heterocycles. The number of nitrogens with one attached hydrogen (secondary N) is 3. The first-order chi connectivity index (χ1) is 15.3. The van der Waals surface area contributed by atoms with Gasteiger partial charge in [-0.05, 0) is 42.0 Å². The third-order valence-corrected chi connectivity index (χ3v) is 5.62. The highest BCUT2D eigenvalue weighted by molar-refractivity contribution is 7.92. The molecule has 5 N–H and O–H groups in total. The zero-order chi connectivity index (χ0) is 22.7. The minimum Gasteiger partial charge on any atom is -0.508 e. The molecule has 0 spiro atoms. The summed E-state index contributed by atoms with van der Waals surface area (Å²) in [6.07, 6.45) is 0.300. The van der Waals surface area contributed by atoms with Crippen LogP contribution in [0.2, 0.25) is 0 Å². The van der Waals surface area contributed by atoms with E-state index in [9.17, 15) is 18.6 Å². The number of fused-ring (bicyclic) bond motifs is 3. The highest BCUT2D eigenvalue weighted by atomic mass is 32.2. The summed E-state index contributed by atoms with van der Waals surface area (Å²) in [7, 11) is -3.37. The first-order valence-electron chi connectivity index (χ1n) is 10.1. The standard InChI is InChI=1S/C23H25N3O5S/c1-32(29,30)26-16-4-2-3-15(11-16)23(28)14-24-9-10-31-18-6-8-20-19-7-5-17(27)12-21(19)25-22(20)13-18/h2-8,11-13,23-28H,9-10,14H2,1H3/t23-/m0/s1. The summed E-state index contributed by atoms with van der Waals surface area (Å²) >= 11 is 0. The average molecular weight is 456 g/mol. The number of hydrogen-bond donors (Lipinski definition) is 5. The molecule has 168 valence electrons. The van der Waals surface area contributed by atoms with Crippen molar-refractivity contribution in [2.75, 3.05) is 30.7 Å². The summed E-state index contributed by atoms with van der Waals surface area (Å²) in [4.78, 5) is 3.28. The predicted molar refractivity (Wildman–Crippen MR) is 126 cm³/mol. The van der Waals surface area contributed by atoms with Gasteiger partial charge in [0.2, 0.25) is 10.0 Å². The Balaban J connectivity index is 1.28. The van der Waals surface area contributed by atoms with Crippen LogP contribution in [0, 0.1) is 0 Å². The van der Waals surface area contributed by atoms with E-state index in [-0.39, 0.29) is 5.75 Å². The Morgan fingerprint density at radius 3 is 2.56 bits per heavy atom. The molecule has 1 aromatic heterocycles. The number of rotatable bonds is 9. The van der Waals surface area contributed by atoms with E-state index < -0.39 is 16.1 Å². The number of benzene rings is 3. The second-order valence-corrected chi connectivity index (χ2v) is 9.38. The largest absolute Gasteiger partial charge is 0.508 e. The molecule has 4 aromatic rings. The van der Waals surface area contributed by atoms with Gasteiger partial charge in [-0.2, -0.15) is 0 Å². The molecule has 0 amide bonds. The normalized spacial score (nSPS) is 12.8. The molecule has 32 heavy (non-hydrogen) atoms. The lowest BCUT2D eigenvalue weighted by atomic mass is 10.1. The fourth-order valence-electron chi connectivity index (χ4n) is 3.59. The summed E-state index contributed by atoms with van der Waals surface area (Å²) < 4.78 is 30.9. The lowest BCUT2D eigenvalue weighted by Gasteiger charge is -2.14. The molecule has 0 aliphatic heterocycles. The Kier molecular flexibility index (Phi) is 6.22.